The van der Waals surface area contributed by atoms with E-state index < -0.39 is 0 Å². The van der Waals surface area contributed by atoms with Crippen molar-refractivity contribution in [1.82, 2.24) is 15.1 Å². The van der Waals surface area contributed by atoms with Gasteiger partial charge in [-0.3, -0.25) is 9.89 Å². The number of morpholine rings is 1. The van der Waals surface area contributed by atoms with Gasteiger partial charge < -0.3 is 15.0 Å². The number of hydrogen-bond acceptors (Lipinski definition) is 4. The van der Waals surface area contributed by atoms with E-state index in [2.05, 4.69) is 47.6 Å². The van der Waals surface area contributed by atoms with Crippen LogP contribution >= 0.6 is 11.8 Å². The smallest absolute Gasteiger partial charge is 0.193 e. The summed E-state index contributed by atoms with van der Waals surface area (Å²) in [5.74, 6) is 5.24. The van der Waals surface area contributed by atoms with Crippen molar-refractivity contribution >= 4 is 17.7 Å². The number of guanidine groups is 1. The normalized spacial score (nSPS) is 31.2. The molecule has 0 radical (unpaired) electrons. The first kappa shape index (κ1) is 20.3. The topological polar surface area (TPSA) is 40.1 Å². The molecule has 3 aliphatic rings. The molecule has 0 aliphatic carbocycles. The average molecular weight is 383 g/mol. The third-order valence-corrected chi connectivity index (χ3v) is 7.25. The van der Waals surface area contributed by atoms with Gasteiger partial charge in [-0.2, -0.15) is 11.8 Å². The zero-order valence-electron chi connectivity index (χ0n) is 17.0. The molecule has 6 heteroatoms. The molecule has 0 aromatic carbocycles. The quantitative estimate of drug-likeness (QED) is 0.565. The molecule has 2 atom stereocenters. The van der Waals surface area contributed by atoms with Gasteiger partial charge in [0.2, 0.25) is 0 Å². The molecular weight excluding hydrogens is 344 g/mol. The van der Waals surface area contributed by atoms with Crippen LogP contribution in [0.1, 0.15) is 40.0 Å². The van der Waals surface area contributed by atoms with Crippen molar-refractivity contribution in [2.24, 2.45) is 16.8 Å². The lowest BCUT2D eigenvalue weighted by molar-refractivity contribution is -0.0105. The van der Waals surface area contributed by atoms with Crippen LogP contribution in [0, 0.1) is 11.8 Å². The van der Waals surface area contributed by atoms with Crippen LogP contribution < -0.4 is 5.32 Å². The maximum Gasteiger partial charge on any atom is 0.193 e. The van der Waals surface area contributed by atoms with Crippen LogP contribution in [0.2, 0.25) is 0 Å². The molecule has 3 aliphatic heterocycles. The monoisotopic (exact) mass is 382 g/mol. The molecule has 3 fully saturated rings. The summed E-state index contributed by atoms with van der Waals surface area (Å²) in [5, 5.41) is 3.57. The zero-order chi connectivity index (χ0) is 18.4. The lowest BCUT2D eigenvalue weighted by Crippen LogP contribution is -2.56. The first-order valence-corrected chi connectivity index (χ1v) is 11.7. The maximum absolute atomic E-state index is 5.59. The Morgan fingerprint density at radius 1 is 1.31 bits per heavy atom. The first-order chi connectivity index (χ1) is 12.6. The van der Waals surface area contributed by atoms with Gasteiger partial charge in [-0.25, -0.2) is 0 Å². The molecule has 3 rings (SSSR count). The number of nitrogens with zero attached hydrogens (tertiary/aromatic N) is 3. The van der Waals surface area contributed by atoms with Gasteiger partial charge in [0.05, 0.1) is 25.3 Å². The molecule has 0 bridgehead atoms. The summed E-state index contributed by atoms with van der Waals surface area (Å²) in [6.07, 6.45) is 3.91. The van der Waals surface area contributed by atoms with Crippen molar-refractivity contribution in [3.05, 3.63) is 0 Å². The van der Waals surface area contributed by atoms with Gasteiger partial charge in [0.15, 0.2) is 5.96 Å². The van der Waals surface area contributed by atoms with E-state index in [1.807, 2.05) is 0 Å². The minimum atomic E-state index is 0.242. The molecule has 1 N–H and O–H groups in total. The van der Waals surface area contributed by atoms with E-state index in [4.69, 9.17) is 9.73 Å². The van der Waals surface area contributed by atoms with Crippen LogP contribution in [-0.4, -0.2) is 85.3 Å². The highest BCUT2D eigenvalue weighted by atomic mass is 32.2. The fourth-order valence-electron chi connectivity index (χ4n) is 4.64. The summed E-state index contributed by atoms with van der Waals surface area (Å²) in [4.78, 5) is 10.3. The van der Waals surface area contributed by atoms with Crippen LogP contribution in [0.25, 0.3) is 0 Å². The van der Waals surface area contributed by atoms with E-state index in [0.717, 1.165) is 63.7 Å². The van der Waals surface area contributed by atoms with Gasteiger partial charge in [0.1, 0.15) is 0 Å². The summed E-state index contributed by atoms with van der Waals surface area (Å²) >= 11 is 2.09. The summed E-state index contributed by atoms with van der Waals surface area (Å²) in [6.45, 7) is 14.9. The third kappa shape index (κ3) is 5.08. The van der Waals surface area contributed by atoms with E-state index >= 15 is 0 Å². The van der Waals surface area contributed by atoms with E-state index in [-0.39, 0.29) is 5.54 Å². The maximum atomic E-state index is 5.59. The molecule has 5 nitrogen and oxygen atoms in total. The van der Waals surface area contributed by atoms with Gasteiger partial charge >= 0.3 is 0 Å². The summed E-state index contributed by atoms with van der Waals surface area (Å²) in [7, 11) is 0. The fraction of sp³-hybridized carbons (Fsp3) is 0.950. The molecule has 0 saturated carbocycles. The number of ether oxygens (including phenoxy) is 1. The predicted molar refractivity (Wildman–Crippen MR) is 112 cm³/mol. The Morgan fingerprint density at radius 3 is 2.77 bits per heavy atom. The molecule has 26 heavy (non-hydrogen) atoms. The second-order valence-electron chi connectivity index (χ2n) is 8.53. The van der Waals surface area contributed by atoms with Crippen molar-refractivity contribution in [2.75, 3.05) is 64.0 Å². The lowest BCUT2D eigenvalue weighted by atomic mass is 9.96. The molecule has 3 saturated heterocycles. The Hall–Kier alpha value is -0.460. The number of likely N-dealkylation sites (tertiary alicyclic amines) is 1. The van der Waals surface area contributed by atoms with Gasteiger partial charge in [-0.15, -0.1) is 0 Å². The molecule has 150 valence electrons. The third-order valence-electron chi connectivity index (χ3n) is 6.01. The fourth-order valence-corrected chi connectivity index (χ4v) is 6.11. The highest BCUT2D eigenvalue weighted by molar-refractivity contribution is 7.99. The van der Waals surface area contributed by atoms with Crippen molar-refractivity contribution in [3.63, 3.8) is 0 Å². The lowest BCUT2D eigenvalue weighted by Gasteiger charge is -2.42. The number of hydrogen-bond donors (Lipinski definition) is 1. The minimum Gasteiger partial charge on any atom is -0.379 e. The molecule has 3 heterocycles. The van der Waals surface area contributed by atoms with E-state index in [0.29, 0.717) is 0 Å². The highest BCUT2D eigenvalue weighted by Gasteiger charge is 2.41. The van der Waals surface area contributed by atoms with Crippen molar-refractivity contribution in [3.8, 4) is 0 Å². The molecule has 2 unspecified atom stereocenters. The van der Waals surface area contributed by atoms with Gasteiger partial charge in [-0.1, -0.05) is 13.8 Å². The van der Waals surface area contributed by atoms with E-state index in [1.54, 1.807) is 0 Å². The number of nitrogens with one attached hydrogen (secondary N) is 1. The van der Waals surface area contributed by atoms with E-state index in [1.165, 1.54) is 37.3 Å². The van der Waals surface area contributed by atoms with Crippen LogP contribution in [0.3, 0.4) is 0 Å². The number of rotatable bonds is 6. The Balaban J connectivity index is 1.65. The molecular formula is C20H38N4OS. The first-order valence-electron chi connectivity index (χ1n) is 10.6. The van der Waals surface area contributed by atoms with Crippen LogP contribution in [0.4, 0.5) is 0 Å². The van der Waals surface area contributed by atoms with Crippen molar-refractivity contribution < 1.29 is 4.74 Å². The average Bonchev–Trinajstić information content (AvgIpc) is 3.29. The largest absolute Gasteiger partial charge is 0.379 e. The van der Waals surface area contributed by atoms with E-state index in [9.17, 15) is 0 Å². The summed E-state index contributed by atoms with van der Waals surface area (Å²) in [6, 6.07) is 0. The van der Waals surface area contributed by atoms with Crippen molar-refractivity contribution in [1.29, 1.82) is 0 Å². The SMILES string of the molecule is CCNC(=NCC1(N2CCOCC2)CCSC1)N1CCC(CC(C)C)C1. The Labute approximate surface area is 164 Å². The second-order valence-corrected chi connectivity index (χ2v) is 9.63. The standard InChI is InChI=1S/C20H38N4OS/c1-4-21-19(23-7-5-18(14-23)13-17(2)3)22-15-20(6-12-26-16-20)24-8-10-25-11-9-24/h17-18H,4-16H2,1-3H3,(H,21,22). The Morgan fingerprint density at radius 2 is 2.12 bits per heavy atom. The van der Waals surface area contributed by atoms with Crippen molar-refractivity contribution in [2.45, 2.75) is 45.6 Å². The molecule has 0 aromatic heterocycles. The Bertz CT molecular complexity index is 459. The van der Waals surface area contributed by atoms with Gasteiger partial charge in [-0.05, 0) is 43.8 Å². The van der Waals surface area contributed by atoms with Crippen LogP contribution in [0.5, 0.6) is 0 Å². The van der Waals surface area contributed by atoms with Crippen LogP contribution in [0.15, 0.2) is 4.99 Å². The number of thioether (sulfide) groups is 1. The predicted octanol–water partition coefficient (Wildman–Crippen LogP) is 2.53. The highest BCUT2D eigenvalue weighted by Crippen LogP contribution is 2.34. The van der Waals surface area contributed by atoms with Crippen LogP contribution in [-0.2, 0) is 4.74 Å². The van der Waals surface area contributed by atoms with Gasteiger partial charge in [0, 0.05) is 38.5 Å². The summed E-state index contributed by atoms with van der Waals surface area (Å²) in [5.41, 5.74) is 0.242. The molecule has 0 amide bonds. The molecule has 0 spiro atoms. The number of aliphatic imine (C=N–C) groups is 1. The molecule has 0 aromatic rings. The second kappa shape index (κ2) is 9.65. The van der Waals surface area contributed by atoms with Gasteiger partial charge in [0.25, 0.3) is 0 Å². The minimum absolute atomic E-state index is 0.242. The Kier molecular flexibility index (Phi) is 7.53. The zero-order valence-corrected chi connectivity index (χ0v) is 17.8. The summed E-state index contributed by atoms with van der Waals surface area (Å²) < 4.78 is 5.59.